The van der Waals surface area contributed by atoms with Crippen LogP contribution >= 0.6 is 0 Å². The van der Waals surface area contributed by atoms with Gasteiger partial charge in [-0.05, 0) is 12.3 Å². The Labute approximate surface area is 107 Å². The quantitative estimate of drug-likeness (QED) is 0.608. The summed E-state index contributed by atoms with van der Waals surface area (Å²) in [5, 5.41) is 18.8. The first kappa shape index (κ1) is 14.5. The highest BCUT2D eigenvalue weighted by molar-refractivity contribution is 5.97. The van der Waals surface area contributed by atoms with E-state index in [0.29, 0.717) is 12.1 Å². The predicted octanol–water partition coefficient (Wildman–Crippen LogP) is 1.01. The van der Waals surface area contributed by atoms with Gasteiger partial charge in [0.25, 0.3) is 5.91 Å². The molecule has 0 aliphatic rings. The number of nitrogen functional groups attached to an aromatic ring is 1. The minimum absolute atomic E-state index is 0.185. The Kier molecular flexibility index (Phi) is 5.15. The number of hydrogen-bond donors (Lipinski definition) is 4. The van der Waals surface area contributed by atoms with Crippen LogP contribution < -0.4 is 11.1 Å². The molecule has 6 heteroatoms. The van der Waals surface area contributed by atoms with Crippen LogP contribution in [0.2, 0.25) is 0 Å². The van der Waals surface area contributed by atoms with Crippen molar-refractivity contribution in [3.63, 3.8) is 0 Å². The molecule has 0 saturated carbocycles. The monoisotopic (exact) mass is 254 g/mol. The molecule has 18 heavy (non-hydrogen) atoms. The second-order valence-corrected chi connectivity index (χ2v) is 4.71. The van der Waals surface area contributed by atoms with Crippen molar-refractivity contribution < 1.29 is 9.90 Å². The van der Waals surface area contributed by atoms with Crippen molar-refractivity contribution in [3.8, 4) is 0 Å². The van der Waals surface area contributed by atoms with Gasteiger partial charge in [0.1, 0.15) is 0 Å². The van der Waals surface area contributed by atoms with Crippen molar-refractivity contribution >= 4 is 11.6 Å². The number of aromatic amines is 1. The third-order valence-electron chi connectivity index (χ3n) is 2.75. The lowest BCUT2D eigenvalue weighted by atomic mass is 10.1. The minimum Gasteiger partial charge on any atom is -0.395 e. The standard InChI is InChI=1S/C12H22N4O2/c1-4-5-8(17)6-14-12(18)11-9(13)10(7(2)3)15-16-11/h7-8,17H,4-6,13H2,1-3H3,(H,14,18)(H,15,16). The number of rotatable bonds is 6. The van der Waals surface area contributed by atoms with E-state index in [1.54, 1.807) is 0 Å². The molecule has 1 aromatic rings. The topological polar surface area (TPSA) is 104 Å². The highest BCUT2D eigenvalue weighted by Gasteiger charge is 2.19. The van der Waals surface area contributed by atoms with Crippen molar-refractivity contribution in [1.29, 1.82) is 0 Å². The zero-order valence-electron chi connectivity index (χ0n) is 11.2. The molecule has 5 N–H and O–H groups in total. The molecule has 1 atom stereocenters. The summed E-state index contributed by atoms with van der Waals surface area (Å²) in [6.45, 7) is 6.13. The van der Waals surface area contributed by atoms with Gasteiger partial charge >= 0.3 is 0 Å². The van der Waals surface area contributed by atoms with Crippen molar-refractivity contribution in [3.05, 3.63) is 11.4 Å². The number of aliphatic hydroxyl groups is 1. The molecule has 1 amide bonds. The Hall–Kier alpha value is -1.56. The summed E-state index contributed by atoms with van der Waals surface area (Å²) < 4.78 is 0. The maximum Gasteiger partial charge on any atom is 0.274 e. The number of anilines is 1. The lowest BCUT2D eigenvalue weighted by Crippen LogP contribution is -2.32. The fourth-order valence-electron chi connectivity index (χ4n) is 1.71. The third kappa shape index (κ3) is 3.46. The first-order chi connectivity index (χ1) is 8.47. The predicted molar refractivity (Wildman–Crippen MR) is 70.3 cm³/mol. The summed E-state index contributed by atoms with van der Waals surface area (Å²) in [5.74, 6) is -0.171. The van der Waals surface area contributed by atoms with E-state index in [1.807, 2.05) is 20.8 Å². The van der Waals surface area contributed by atoms with E-state index in [1.165, 1.54) is 0 Å². The van der Waals surface area contributed by atoms with Gasteiger partial charge in [0.2, 0.25) is 0 Å². The van der Waals surface area contributed by atoms with Crippen molar-refractivity contribution in [1.82, 2.24) is 15.5 Å². The summed E-state index contributed by atoms with van der Waals surface area (Å²) in [6.07, 6.45) is 1.01. The van der Waals surface area contributed by atoms with Crippen LogP contribution in [0.5, 0.6) is 0 Å². The van der Waals surface area contributed by atoms with E-state index in [4.69, 9.17) is 5.73 Å². The van der Waals surface area contributed by atoms with Crippen LogP contribution in [-0.4, -0.2) is 33.9 Å². The molecule has 0 fully saturated rings. The highest BCUT2D eigenvalue weighted by atomic mass is 16.3. The molecule has 0 aromatic carbocycles. The molecule has 0 aliphatic carbocycles. The summed E-state index contributed by atoms with van der Waals surface area (Å²) in [4.78, 5) is 11.8. The number of carbonyl (C=O) groups excluding carboxylic acids is 1. The van der Waals surface area contributed by atoms with Crippen LogP contribution in [0.15, 0.2) is 0 Å². The van der Waals surface area contributed by atoms with E-state index in [-0.39, 0.29) is 24.1 Å². The van der Waals surface area contributed by atoms with Crippen LogP contribution in [0.1, 0.15) is 55.7 Å². The zero-order valence-corrected chi connectivity index (χ0v) is 11.2. The second-order valence-electron chi connectivity index (χ2n) is 4.71. The molecule has 1 heterocycles. The van der Waals surface area contributed by atoms with Crippen LogP contribution in [-0.2, 0) is 0 Å². The summed E-state index contributed by atoms with van der Waals surface area (Å²) in [5.41, 5.74) is 7.19. The SMILES string of the molecule is CCCC(O)CNC(=O)c1n[nH]c(C(C)C)c1N. The van der Waals surface area contributed by atoms with E-state index in [2.05, 4.69) is 15.5 Å². The molecule has 0 aliphatic heterocycles. The van der Waals surface area contributed by atoms with Gasteiger partial charge in [0.15, 0.2) is 5.69 Å². The maximum atomic E-state index is 11.8. The van der Waals surface area contributed by atoms with Gasteiger partial charge in [-0.15, -0.1) is 0 Å². The average Bonchev–Trinajstić information content (AvgIpc) is 2.68. The molecule has 1 unspecified atom stereocenters. The van der Waals surface area contributed by atoms with E-state index in [9.17, 15) is 9.90 Å². The normalized spacial score (nSPS) is 12.7. The Morgan fingerprint density at radius 3 is 2.72 bits per heavy atom. The molecule has 0 bridgehead atoms. The van der Waals surface area contributed by atoms with Crippen molar-refractivity contribution in [2.45, 2.75) is 45.6 Å². The van der Waals surface area contributed by atoms with Crippen LogP contribution in [0.25, 0.3) is 0 Å². The number of nitrogens with two attached hydrogens (primary N) is 1. The molecule has 1 rings (SSSR count). The van der Waals surface area contributed by atoms with Crippen LogP contribution in [0.4, 0.5) is 5.69 Å². The maximum absolute atomic E-state index is 11.8. The fourth-order valence-corrected chi connectivity index (χ4v) is 1.71. The minimum atomic E-state index is -0.524. The van der Waals surface area contributed by atoms with Gasteiger partial charge in [-0.2, -0.15) is 5.10 Å². The number of aromatic nitrogens is 2. The lowest BCUT2D eigenvalue weighted by Gasteiger charge is -2.10. The number of hydrogen-bond acceptors (Lipinski definition) is 4. The van der Waals surface area contributed by atoms with Gasteiger partial charge in [0.05, 0.1) is 17.5 Å². The van der Waals surface area contributed by atoms with E-state index < -0.39 is 6.10 Å². The van der Waals surface area contributed by atoms with E-state index >= 15 is 0 Å². The Bertz CT molecular complexity index is 401. The first-order valence-corrected chi connectivity index (χ1v) is 6.27. The Balaban J connectivity index is 2.62. The van der Waals surface area contributed by atoms with Gasteiger partial charge < -0.3 is 16.2 Å². The number of carbonyl (C=O) groups is 1. The number of amides is 1. The number of H-pyrrole nitrogens is 1. The summed E-state index contributed by atoms with van der Waals surface area (Å²) >= 11 is 0. The third-order valence-corrected chi connectivity index (χ3v) is 2.75. The van der Waals surface area contributed by atoms with Gasteiger partial charge in [-0.25, -0.2) is 0 Å². The molecule has 0 saturated heterocycles. The molecule has 0 spiro atoms. The van der Waals surface area contributed by atoms with Crippen LogP contribution in [0.3, 0.4) is 0 Å². The Morgan fingerprint density at radius 1 is 1.56 bits per heavy atom. The Morgan fingerprint density at radius 2 is 2.22 bits per heavy atom. The lowest BCUT2D eigenvalue weighted by molar-refractivity contribution is 0.0906. The summed E-state index contributed by atoms with van der Waals surface area (Å²) in [6, 6.07) is 0. The number of aliphatic hydroxyl groups excluding tert-OH is 1. The van der Waals surface area contributed by atoms with Crippen molar-refractivity contribution in [2.24, 2.45) is 0 Å². The van der Waals surface area contributed by atoms with Crippen molar-refractivity contribution in [2.75, 3.05) is 12.3 Å². The van der Waals surface area contributed by atoms with Gasteiger partial charge in [-0.1, -0.05) is 27.2 Å². The number of nitrogens with zero attached hydrogens (tertiary/aromatic N) is 1. The van der Waals surface area contributed by atoms with Gasteiger partial charge in [0, 0.05) is 6.54 Å². The van der Waals surface area contributed by atoms with E-state index in [0.717, 1.165) is 12.1 Å². The zero-order chi connectivity index (χ0) is 13.7. The number of nitrogens with one attached hydrogen (secondary N) is 2. The average molecular weight is 254 g/mol. The fraction of sp³-hybridized carbons (Fsp3) is 0.667. The van der Waals surface area contributed by atoms with Gasteiger partial charge in [-0.3, -0.25) is 9.89 Å². The first-order valence-electron chi connectivity index (χ1n) is 6.27. The molecule has 1 aromatic heterocycles. The molecule has 6 nitrogen and oxygen atoms in total. The highest BCUT2D eigenvalue weighted by Crippen LogP contribution is 2.21. The molecular formula is C12H22N4O2. The smallest absolute Gasteiger partial charge is 0.274 e. The largest absolute Gasteiger partial charge is 0.395 e. The molecular weight excluding hydrogens is 232 g/mol. The molecule has 102 valence electrons. The molecule has 0 radical (unpaired) electrons. The summed E-state index contributed by atoms with van der Waals surface area (Å²) in [7, 11) is 0. The van der Waals surface area contributed by atoms with Crippen LogP contribution in [0, 0.1) is 0 Å². The second kappa shape index (κ2) is 6.39.